The van der Waals surface area contributed by atoms with Gasteiger partial charge in [-0.1, -0.05) is 36.4 Å². The Hall–Kier alpha value is -3.07. The van der Waals surface area contributed by atoms with Crippen molar-refractivity contribution in [1.82, 2.24) is 10.2 Å². The van der Waals surface area contributed by atoms with E-state index in [0.717, 1.165) is 28.1 Å². The number of nitrogens with one attached hydrogen (secondary N) is 1. The number of aromatic hydroxyl groups is 1. The van der Waals surface area contributed by atoms with Crippen molar-refractivity contribution < 1.29 is 5.11 Å². The quantitative estimate of drug-likeness (QED) is 0.463. The number of aromatic amines is 1. The number of aryl methyl sites for hydroxylation is 1. The van der Waals surface area contributed by atoms with Crippen LogP contribution in [0.25, 0.3) is 44.3 Å². The number of nitrogens with zero attached hydrogens (tertiary/aromatic N) is 1. The Morgan fingerprint density at radius 1 is 0.826 bits per heavy atom. The molecular formula is C20H14N2O. The minimum absolute atomic E-state index is 0.264. The van der Waals surface area contributed by atoms with E-state index in [1.807, 2.05) is 19.1 Å². The molecule has 1 aromatic heterocycles. The molecule has 0 unspecified atom stereocenters. The molecule has 0 fully saturated rings. The summed E-state index contributed by atoms with van der Waals surface area (Å²) in [5, 5.41) is 20.2. The predicted molar refractivity (Wildman–Crippen MR) is 92.4 cm³/mol. The molecule has 1 heterocycles. The van der Waals surface area contributed by atoms with Crippen LogP contribution in [0.15, 0.2) is 54.6 Å². The van der Waals surface area contributed by atoms with Gasteiger partial charge in [-0.15, -0.1) is 0 Å². The fourth-order valence-corrected chi connectivity index (χ4v) is 3.58. The van der Waals surface area contributed by atoms with Gasteiger partial charge in [0.2, 0.25) is 0 Å². The van der Waals surface area contributed by atoms with Crippen molar-refractivity contribution in [2.45, 2.75) is 6.92 Å². The van der Waals surface area contributed by atoms with Gasteiger partial charge in [-0.2, -0.15) is 5.10 Å². The summed E-state index contributed by atoms with van der Waals surface area (Å²) in [4.78, 5) is 0. The third kappa shape index (κ3) is 1.62. The van der Waals surface area contributed by atoms with Gasteiger partial charge in [0.15, 0.2) is 0 Å². The summed E-state index contributed by atoms with van der Waals surface area (Å²) in [6.45, 7) is 1.96. The molecule has 0 saturated carbocycles. The lowest BCUT2D eigenvalue weighted by atomic mass is 9.99. The molecular weight excluding hydrogens is 284 g/mol. The Balaban J connectivity index is 1.85. The van der Waals surface area contributed by atoms with Crippen molar-refractivity contribution in [2.75, 3.05) is 0 Å². The zero-order valence-electron chi connectivity index (χ0n) is 12.6. The van der Waals surface area contributed by atoms with E-state index in [0.29, 0.717) is 0 Å². The maximum Gasteiger partial charge on any atom is 0.125 e. The van der Waals surface area contributed by atoms with Gasteiger partial charge in [0.1, 0.15) is 5.75 Å². The molecule has 1 aliphatic carbocycles. The van der Waals surface area contributed by atoms with Crippen molar-refractivity contribution in [3.8, 4) is 39.3 Å². The van der Waals surface area contributed by atoms with E-state index in [1.165, 1.54) is 21.9 Å². The summed E-state index contributed by atoms with van der Waals surface area (Å²) >= 11 is 0. The lowest BCUT2D eigenvalue weighted by molar-refractivity contribution is 0.477. The molecule has 0 amide bonds. The zero-order valence-corrected chi connectivity index (χ0v) is 12.6. The van der Waals surface area contributed by atoms with E-state index in [2.05, 4.69) is 52.7 Å². The second-order valence-corrected chi connectivity index (χ2v) is 6.06. The third-order valence-corrected chi connectivity index (χ3v) is 4.60. The molecule has 3 aromatic carbocycles. The van der Waals surface area contributed by atoms with Gasteiger partial charge in [-0.25, -0.2) is 0 Å². The van der Waals surface area contributed by atoms with Crippen LogP contribution < -0.4 is 0 Å². The lowest BCUT2D eigenvalue weighted by Crippen LogP contribution is -1.84. The largest absolute Gasteiger partial charge is 0.507 e. The Morgan fingerprint density at radius 2 is 1.52 bits per heavy atom. The number of hydrogen-bond donors (Lipinski definition) is 2. The summed E-state index contributed by atoms with van der Waals surface area (Å²) in [6.07, 6.45) is 0. The molecule has 0 atom stereocenters. The van der Waals surface area contributed by atoms with Crippen molar-refractivity contribution in [3.05, 3.63) is 60.3 Å². The van der Waals surface area contributed by atoms with E-state index >= 15 is 0 Å². The highest BCUT2D eigenvalue weighted by Crippen LogP contribution is 2.50. The van der Waals surface area contributed by atoms with Crippen LogP contribution in [0.4, 0.5) is 0 Å². The van der Waals surface area contributed by atoms with Crippen LogP contribution in [0.3, 0.4) is 0 Å². The number of fused-ring (bicyclic) bond motifs is 3. The van der Waals surface area contributed by atoms with Crippen LogP contribution in [0, 0.1) is 6.92 Å². The number of aromatic nitrogens is 2. The maximum absolute atomic E-state index is 10.5. The second kappa shape index (κ2) is 4.23. The van der Waals surface area contributed by atoms with Crippen LogP contribution in [0.1, 0.15) is 5.69 Å². The number of phenols is 1. The first kappa shape index (κ1) is 12.5. The van der Waals surface area contributed by atoms with E-state index in [4.69, 9.17) is 0 Å². The second-order valence-electron chi connectivity index (χ2n) is 6.06. The Bertz CT molecular complexity index is 1090. The normalized spacial score (nSPS) is 11.9. The monoisotopic (exact) mass is 298 g/mol. The van der Waals surface area contributed by atoms with Gasteiger partial charge in [-0.3, -0.25) is 5.10 Å². The maximum atomic E-state index is 10.5. The van der Waals surface area contributed by atoms with Gasteiger partial charge in [0.05, 0.1) is 5.69 Å². The van der Waals surface area contributed by atoms with Crippen LogP contribution in [-0.2, 0) is 0 Å². The Kier molecular flexibility index (Phi) is 2.29. The van der Waals surface area contributed by atoms with E-state index < -0.39 is 0 Å². The molecule has 23 heavy (non-hydrogen) atoms. The fraction of sp³-hybridized carbons (Fsp3) is 0.0500. The zero-order chi connectivity index (χ0) is 15.6. The molecule has 0 bridgehead atoms. The Morgan fingerprint density at radius 3 is 2.17 bits per heavy atom. The van der Waals surface area contributed by atoms with Gasteiger partial charge < -0.3 is 5.11 Å². The van der Waals surface area contributed by atoms with E-state index in [-0.39, 0.29) is 5.75 Å². The van der Waals surface area contributed by atoms with Gasteiger partial charge in [0, 0.05) is 11.3 Å². The highest BCUT2D eigenvalue weighted by Gasteiger charge is 2.23. The number of hydrogen-bond acceptors (Lipinski definition) is 2. The first-order valence-electron chi connectivity index (χ1n) is 7.64. The van der Waals surface area contributed by atoms with Crippen LogP contribution >= 0.6 is 0 Å². The summed E-state index contributed by atoms with van der Waals surface area (Å²) in [7, 11) is 0. The third-order valence-electron chi connectivity index (χ3n) is 4.60. The molecule has 110 valence electrons. The highest BCUT2D eigenvalue weighted by atomic mass is 16.3. The summed E-state index contributed by atoms with van der Waals surface area (Å²) < 4.78 is 0. The smallest absolute Gasteiger partial charge is 0.125 e. The van der Waals surface area contributed by atoms with Crippen LogP contribution in [-0.4, -0.2) is 15.3 Å². The SMILES string of the molecule is Cc1cc(-c2cc3c(cc2O)-c2cccc4cccc-3c24)n[nH]1. The minimum atomic E-state index is 0.264. The Labute approximate surface area is 133 Å². The minimum Gasteiger partial charge on any atom is -0.507 e. The van der Waals surface area contributed by atoms with Crippen molar-refractivity contribution >= 4 is 10.8 Å². The molecule has 5 rings (SSSR count). The van der Waals surface area contributed by atoms with Gasteiger partial charge >= 0.3 is 0 Å². The summed E-state index contributed by atoms with van der Waals surface area (Å²) in [6, 6.07) is 18.5. The standard InChI is InChI=1S/C20H14N2O/c1-11-8-18(22-21-11)17-9-15-13-6-2-4-12-5-3-7-14(20(12)13)16(15)10-19(17)23/h2-10,23H,1H3,(H,21,22). The lowest BCUT2D eigenvalue weighted by Gasteiger charge is -2.07. The van der Waals surface area contributed by atoms with Gasteiger partial charge in [0.25, 0.3) is 0 Å². The summed E-state index contributed by atoms with van der Waals surface area (Å²) in [5.74, 6) is 0.264. The first-order chi connectivity index (χ1) is 11.2. The molecule has 3 heteroatoms. The van der Waals surface area contributed by atoms with Crippen molar-refractivity contribution in [2.24, 2.45) is 0 Å². The average molecular weight is 298 g/mol. The van der Waals surface area contributed by atoms with Crippen molar-refractivity contribution in [1.29, 1.82) is 0 Å². The molecule has 0 aliphatic heterocycles. The number of H-pyrrole nitrogens is 1. The summed E-state index contributed by atoms with van der Waals surface area (Å²) in [5.41, 5.74) is 7.17. The molecule has 0 radical (unpaired) electrons. The van der Waals surface area contributed by atoms with Crippen LogP contribution in [0.2, 0.25) is 0 Å². The molecule has 4 aromatic rings. The van der Waals surface area contributed by atoms with E-state index in [9.17, 15) is 5.11 Å². The predicted octanol–water partition coefficient (Wildman–Crippen LogP) is 4.89. The molecule has 3 nitrogen and oxygen atoms in total. The average Bonchev–Trinajstić information content (AvgIpc) is 3.11. The van der Waals surface area contributed by atoms with Crippen molar-refractivity contribution in [3.63, 3.8) is 0 Å². The molecule has 2 N–H and O–H groups in total. The number of benzene rings is 3. The van der Waals surface area contributed by atoms with Gasteiger partial charge in [-0.05, 0) is 58.1 Å². The molecule has 0 spiro atoms. The topological polar surface area (TPSA) is 48.9 Å². The fourth-order valence-electron chi connectivity index (χ4n) is 3.58. The molecule has 1 aliphatic rings. The number of phenolic OH excluding ortho intramolecular Hbond substituents is 1. The number of rotatable bonds is 1. The van der Waals surface area contributed by atoms with Crippen LogP contribution in [0.5, 0.6) is 5.75 Å². The first-order valence-corrected chi connectivity index (χ1v) is 7.64. The highest BCUT2D eigenvalue weighted by molar-refractivity contribution is 6.16. The molecule has 0 saturated heterocycles. The van der Waals surface area contributed by atoms with E-state index in [1.54, 1.807) is 0 Å².